The highest BCUT2D eigenvalue weighted by molar-refractivity contribution is 6.31. The molecule has 0 heterocycles. The normalized spacial score (nSPS) is 10.3. The molecule has 2 N–H and O–H groups in total. The van der Waals surface area contributed by atoms with Gasteiger partial charge in [0, 0.05) is 18.0 Å². The van der Waals surface area contributed by atoms with E-state index in [-0.39, 0.29) is 24.3 Å². The van der Waals surface area contributed by atoms with Crippen LogP contribution < -0.4 is 10.6 Å². The highest BCUT2D eigenvalue weighted by Crippen LogP contribution is 2.14. The van der Waals surface area contributed by atoms with Crippen molar-refractivity contribution in [3.63, 3.8) is 0 Å². The molecule has 0 saturated heterocycles. The molecule has 1 aromatic carbocycles. The highest BCUT2D eigenvalue weighted by Gasteiger charge is 2.07. The Morgan fingerprint density at radius 1 is 1.16 bits per heavy atom. The fraction of sp³-hybridized carbons (Fsp3) is 0.429. The zero-order valence-corrected chi connectivity index (χ0v) is 12.0. The van der Waals surface area contributed by atoms with E-state index in [4.69, 9.17) is 11.6 Å². The molecule has 0 bridgehead atoms. The standard InChI is InChI=1S/C14H19ClN2O2/c1-10(2)7-13(18)17-9-14(19)16-8-11-5-3-4-6-12(11)15/h3-6,10H,7-9H2,1-2H3,(H,16,19)(H,17,18). The summed E-state index contributed by atoms with van der Waals surface area (Å²) in [4.78, 5) is 22.9. The van der Waals surface area contributed by atoms with Gasteiger partial charge < -0.3 is 10.6 Å². The quantitative estimate of drug-likeness (QED) is 0.840. The first-order valence-corrected chi connectivity index (χ1v) is 6.63. The first kappa shape index (κ1) is 15.5. The van der Waals surface area contributed by atoms with Crippen LogP contribution in [0.3, 0.4) is 0 Å². The summed E-state index contributed by atoms with van der Waals surface area (Å²) in [6.45, 7) is 4.27. The first-order valence-electron chi connectivity index (χ1n) is 6.26. The summed E-state index contributed by atoms with van der Waals surface area (Å²) in [5, 5.41) is 5.91. The molecule has 0 spiro atoms. The van der Waals surface area contributed by atoms with Crippen LogP contribution in [0.1, 0.15) is 25.8 Å². The topological polar surface area (TPSA) is 58.2 Å². The smallest absolute Gasteiger partial charge is 0.239 e. The number of halogens is 1. The maximum Gasteiger partial charge on any atom is 0.239 e. The molecule has 0 radical (unpaired) electrons. The second kappa shape index (κ2) is 7.79. The van der Waals surface area contributed by atoms with Crippen molar-refractivity contribution in [1.29, 1.82) is 0 Å². The van der Waals surface area contributed by atoms with E-state index in [1.54, 1.807) is 6.07 Å². The second-order valence-corrected chi connectivity index (χ2v) is 5.15. The van der Waals surface area contributed by atoms with E-state index in [9.17, 15) is 9.59 Å². The molecule has 1 aromatic rings. The van der Waals surface area contributed by atoms with E-state index >= 15 is 0 Å². The minimum absolute atomic E-state index is 0.00396. The van der Waals surface area contributed by atoms with Gasteiger partial charge in [0.1, 0.15) is 0 Å². The van der Waals surface area contributed by atoms with Crippen molar-refractivity contribution < 1.29 is 9.59 Å². The van der Waals surface area contributed by atoms with Crippen molar-refractivity contribution in [2.75, 3.05) is 6.54 Å². The minimum Gasteiger partial charge on any atom is -0.350 e. The van der Waals surface area contributed by atoms with Gasteiger partial charge in [0.2, 0.25) is 11.8 Å². The lowest BCUT2D eigenvalue weighted by atomic mass is 10.1. The van der Waals surface area contributed by atoms with Crippen LogP contribution in [-0.4, -0.2) is 18.4 Å². The lowest BCUT2D eigenvalue weighted by Gasteiger charge is -2.09. The van der Waals surface area contributed by atoms with Crippen LogP contribution in [0, 0.1) is 5.92 Å². The van der Waals surface area contributed by atoms with E-state index in [0.29, 0.717) is 18.0 Å². The summed E-state index contributed by atoms with van der Waals surface area (Å²) in [5.41, 5.74) is 0.853. The fourth-order valence-corrected chi connectivity index (χ4v) is 1.72. The van der Waals surface area contributed by atoms with E-state index < -0.39 is 0 Å². The largest absolute Gasteiger partial charge is 0.350 e. The number of nitrogens with one attached hydrogen (secondary N) is 2. The molecule has 2 amide bonds. The molecule has 0 aliphatic carbocycles. The number of carbonyl (C=O) groups excluding carboxylic acids is 2. The van der Waals surface area contributed by atoms with Gasteiger partial charge >= 0.3 is 0 Å². The Labute approximate surface area is 118 Å². The zero-order valence-electron chi connectivity index (χ0n) is 11.2. The third kappa shape index (κ3) is 6.25. The lowest BCUT2D eigenvalue weighted by molar-refractivity contribution is -0.126. The van der Waals surface area contributed by atoms with Gasteiger partial charge in [-0.05, 0) is 17.5 Å². The van der Waals surface area contributed by atoms with Crippen molar-refractivity contribution in [2.45, 2.75) is 26.8 Å². The Morgan fingerprint density at radius 3 is 2.47 bits per heavy atom. The number of rotatable bonds is 6. The van der Waals surface area contributed by atoms with Crippen molar-refractivity contribution in [1.82, 2.24) is 10.6 Å². The number of amides is 2. The molecule has 0 aliphatic heterocycles. The molecule has 0 fully saturated rings. The van der Waals surface area contributed by atoms with Crippen LogP contribution in [0.5, 0.6) is 0 Å². The molecule has 19 heavy (non-hydrogen) atoms. The molecular formula is C14H19ClN2O2. The molecule has 0 aromatic heterocycles. The summed E-state index contributed by atoms with van der Waals surface area (Å²) >= 11 is 5.97. The summed E-state index contributed by atoms with van der Waals surface area (Å²) in [6.07, 6.45) is 0.428. The maximum atomic E-state index is 11.5. The monoisotopic (exact) mass is 282 g/mol. The second-order valence-electron chi connectivity index (χ2n) is 4.74. The van der Waals surface area contributed by atoms with E-state index in [2.05, 4.69) is 10.6 Å². The van der Waals surface area contributed by atoms with Gasteiger partial charge in [-0.2, -0.15) is 0 Å². The van der Waals surface area contributed by atoms with Crippen molar-refractivity contribution >= 4 is 23.4 Å². The van der Waals surface area contributed by atoms with Crippen LogP contribution in [-0.2, 0) is 16.1 Å². The molecule has 4 nitrogen and oxygen atoms in total. The van der Waals surface area contributed by atoms with Crippen LogP contribution in [0.2, 0.25) is 5.02 Å². The minimum atomic E-state index is -0.225. The Bertz CT molecular complexity index is 447. The van der Waals surface area contributed by atoms with Crippen LogP contribution in [0.25, 0.3) is 0 Å². The van der Waals surface area contributed by atoms with Crippen LogP contribution in [0.4, 0.5) is 0 Å². The fourth-order valence-electron chi connectivity index (χ4n) is 1.52. The summed E-state index contributed by atoms with van der Waals surface area (Å²) in [7, 11) is 0. The predicted octanol–water partition coefficient (Wildman–Crippen LogP) is 2.12. The predicted molar refractivity (Wildman–Crippen MR) is 75.8 cm³/mol. The average molecular weight is 283 g/mol. The van der Waals surface area contributed by atoms with Crippen molar-refractivity contribution in [2.24, 2.45) is 5.92 Å². The number of hydrogen-bond acceptors (Lipinski definition) is 2. The van der Waals surface area contributed by atoms with Crippen LogP contribution in [0.15, 0.2) is 24.3 Å². The van der Waals surface area contributed by atoms with Crippen LogP contribution >= 0.6 is 11.6 Å². The molecule has 0 atom stereocenters. The molecule has 5 heteroatoms. The van der Waals surface area contributed by atoms with Gasteiger partial charge in [-0.3, -0.25) is 9.59 Å². The first-order chi connectivity index (χ1) is 8.99. The Morgan fingerprint density at radius 2 is 1.84 bits per heavy atom. The average Bonchev–Trinajstić information content (AvgIpc) is 2.34. The Balaban J connectivity index is 2.29. The van der Waals surface area contributed by atoms with Gasteiger partial charge in [0.15, 0.2) is 0 Å². The third-order valence-electron chi connectivity index (χ3n) is 2.47. The highest BCUT2D eigenvalue weighted by atomic mass is 35.5. The molecule has 0 unspecified atom stereocenters. The Kier molecular flexibility index (Phi) is 6.36. The molecule has 0 saturated carbocycles. The number of carbonyl (C=O) groups is 2. The molecule has 0 aliphatic rings. The van der Waals surface area contributed by atoms with E-state index in [1.165, 1.54) is 0 Å². The lowest BCUT2D eigenvalue weighted by Crippen LogP contribution is -2.37. The summed E-state index contributed by atoms with van der Waals surface area (Å²) < 4.78 is 0. The van der Waals surface area contributed by atoms with Gasteiger partial charge in [-0.25, -0.2) is 0 Å². The Hall–Kier alpha value is -1.55. The van der Waals surface area contributed by atoms with E-state index in [1.807, 2.05) is 32.0 Å². The maximum absolute atomic E-state index is 11.5. The van der Waals surface area contributed by atoms with Crippen molar-refractivity contribution in [3.05, 3.63) is 34.9 Å². The summed E-state index contributed by atoms with van der Waals surface area (Å²) in [6, 6.07) is 7.31. The van der Waals surface area contributed by atoms with Gasteiger partial charge in [-0.15, -0.1) is 0 Å². The van der Waals surface area contributed by atoms with Gasteiger partial charge in [0.05, 0.1) is 6.54 Å². The summed E-state index contributed by atoms with van der Waals surface area (Å²) in [5.74, 6) is -0.0499. The van der Waals surface area contributed by atoms with E-state index in [0.717, 1.165) is 5.56 Å². The third-order valence-corrected chi connectivity index (χ3v) is 2.84. The number of hydrogen-bond donors (Lipinski definition) is 2. The molecule has 104 valence electrons. The molecule has 1 rings (SSSR count). The SMILES string of the molecule is CC(C)CC(=O)NCC(=O)NCc1ccccc1Cl. The van der Waals surface area contributed by atoms with Crippen molar-refractivity contribution in [3.8, 4) is 0 Å². The van der Waals surface area contributed by atoms with Gasteiger partial charge in [-0.1, -0.05) is 43.6 Å². The number of benzene rings is 1. The zero-order chi connectivity index (χ0) is 14.3. The van der Waals surface area contributed by atoms with Gasteiger partial charge in [0.25, 0.3) is 0 Å². The molecular weight excluding hydrogens is 264 g/mol.